The maximum absolute atomic E-state index is 12.1. The molecular formula is C27H40O6-2. The summed E-state index contributed by atoms with van der Waals surface area (Å²) in [5.74, 6) is -3.99. The van der Waals surface area contributed by atoms with Crippen molar-refractivity contribution in [1.29, 1.82) is 0 Å². The minimum Gasteiger partial charge on any atom is -0.545 e. The lowest BCUT2D eigenvalue weighted by atomic mass is 10.0. The van der Waals surface area contributed by atoms with E-state index in [1.165, 1.54) is 89.5 Å². The van der Waals surface area contributed by atoms with E-state index in [1.54, 1.807) is 0 Å². The zero-order chi connectivity index (χ0) is 24.3. The summed E-state index contributed by atoms with van der Waals surface area (Å²) >= 11 is 0. The molecule has 1 aromatic rings. The number of unbranched alkanes of at least 4 members (excludes halogenated alkanes) is 15. The highest BCUT2D eigenvalue weighted by atomic mass is 16.5. The van der Waals surface area contributed by atoms with Crippen LogP contribution in [0.1, 0.15) is 141 Å². The van der Waals surface area contributed by atoms with Gasteiger partial charge in [-0.05, 0) is 18.6 Å². The predicted octanol–water partition coefficient (Wildman–Crippen LogP) is 4.83. The van der Waals surface area contributed by atoms with Crippen LogP contribution in [0.3, 0.4) is 0 Å². The highest BCUT2D eigenvalue weighted by Crippen LogP contribution is 2.15. The number of hydrogen-bond donors (Lipinski definition) is 0. The van der Waals surface area contributed by atoms with Crippen LogP contribution in [0.2, 0.25) is 0 Å². The molecule has 0 spiro atoms. The lowest BCUT2D eigenvalue weighted by Gasteiger charge is -2.13. The van der Waals surface area contributed by atoms with E-state index in [1.807, 2.05) is 0 Å². The Bertz CT molecular complexity index is 713. The van der Waals surface area contributed by atoms with Gasteiger partial charge in [-0.2, -0.15) is 0 Å². The van der Waals surface area contributed by atoms with Crippen LogP contribution in [0, 0.1) is 0 Å². The molecule has 0 heterocycles. The molecule has 0 N–H and O–H groups in total. The average Bonchev–Trinajstić information content (AvgIpc) is 2.80. The van der Waals surface area contributed by atoms with E-state index in [9.17, 15) is 24.6 Å². The SMILES string of the molecule is CCCCCCCCCCCCCCCCCCOC(=O)c1ccc(C(=O)[O-])c(C(=O)[O-])c1. The van der Waals surface area contributed by atoms with Crippen LogP contribution in [0.25, 0.3) is 0 Å². The molecule has 0 aliphatic carbocycles. The van der Waals surface area contributed by atoms with Crippen LogP contribution in [-0.4, -0.2) is 24.5 Å². The Morgan fingerprint density at radius 3 is 1.48 bits per heavy atom. The van der Waals surface area contributed by atoms with Crippen LogP contribution in [-0.2, 0) is 4.74 Å². The van der Waals surface area contributed by atoms with Crippen molar-refractivity contribution < 1.29 is 29.3 Å². The predicted molar refractivity (Wildman–Crippen MR) is 125 cm³/mol. The lowest BCUT2D eigenvalue weighted by Crippen LogP contribution is -2.30. The fourth-order valence-electron chi connectivity index (χ4n) is 3.92. The van der Waals surface area contributed by atoms with Crippen LogP contribution >= 0.6 is 0 Å². The smallest absolute Gasteiger partial charge is 0.338 e. The molecule has 1 aromatic carbocycles. The molecule has 0 radical (unpaired) electrons. The van der Waals surface area contributed by atoms with Crippen molar-refractivity contribution in [1.82, 2.24) is 0 Å². The molecule has 0 saturated carbocycles. The average molecular weight is 461 g/mol. The molecule has 0 aliphatic rings. The van der Waals surface area contributed by atoms with Gasteiger partial charge in [0.1, 0.15) is 0 Å². The third kappa shape index (κ3) is 13.1. The molecule has 6 heteroatoms. The zero-order valence-electron chi connectivity index (χ0n) is 20.2. The van der Waals surface area contributed by atoms with Crippen molar-refractivity contribution in [2.24, 2.45) is 0 Å². The number of ether oxygens (including phenoxy) is 1. The number of benzene rings is 1. The fraction of sp³-hybridized carbons (Fsp3) is 0.667. The number of carboxylic acids is 2. The van der Waals surface area contributed by atoms with Gasteiger partial charge in [0.15, 0.2) is 0 Å². The Morgan fingerprint density at radius 1 is 0.636 bits per heavy atom. The highest BCUT2D eigenvalue weighted by molar-refractivity contribution is 6.02. The normalized spacial score (nSPS) is 10.8. The molecule has 1 rings (SSSR count). The number of carbonyl (C=O) groups excluding carboxylic acids is 3. The fourth-order valence-corrected chi connectivity index (χ4v) is 3.92. The molecule has 0 aliphatic heterocycles. The largest absolute Gasteiger partial charge is 0.545 e. The summed E-state index contributed by atoms with van der Waals surface area (Å²) < 4.78 is 5.17. The van der Waals surface area contributed by atoms with E-state index in [-0.39, 0.29) is 12.2 Å². The van der Waals surface area contributed by atoms with Crippen LogP contribution in [0.4, 0.5) is 0 Å². The van der Waals surface area contributed by atoms with Crippen molar-refractivity contribution in [3.05, 3.63) is 34.9 Å². The number of rotatable bonds is 20. The third-order valence-corrected chi connectivity index (χ3v) is 5.93. The van der Waals surface area contributed by atoms with Gasteiger partial charge in [-0.3, -0.25) is 0 Å². The first kappa shape index (κ1) is 28.7. The summed E-state index contributed by atoms with van der Waals surface area (Å²) in [7, 11) is 0. The van der Waals surface area contributed by atoms with Gasteiger partial charge in [0.05, 0.1) is 24.1 Å². The van der Waals surface area contributed by atoms with Crippen molar-refractivity contribution in [2.75, 3.05) is 6.61 Å². The van der Waals surface area contributed by atoms with Crippen LogP contribution < -0.4 is 10.2 Å². The van der Waals surface area contributed by atoms with Crippen molar-refractivity contribution in [3.63, 3.8) is 0 Å². The standard InChI is InChI=1S/C27H42O6/c1-2-3-4-5-6-7-8-9-10-11-12-13-14-15-16-17-20-33-27(32)22-18-19-23(25(28)29)24(21-22)26(30)31/h18-19,21H,2-17,20H2,1H3,(H,28,29)(H,30,31)/p-2. The second kappa shape index (κ2) is 18.1. The van der Waals surface area contributed by atoms with E-state index >= 15 is 0 Å². The van der Waals surface area contributed by atoms with E-state index < -0.39 is 29.0 Å². The first-order valence-electron chi connectivity index (χ1n) is 12.7. The van der Waals surface area contributed by atoms with Crippen molar-refractivity contribution in [3.8, 4) is 0 Å². The monoisotopic (exact) mass is 460 g/mol. The number of hydrogen-bond acceptors (Lipinski definition) is 6. The molecule has 6 nitrogen and oxygen atoms in total. The Hall–Kier alpha value is -2.37. The van der Waals surface area contributed by atoms with Crippen molar-refractivity contribution >= 4 is 17.9 Å². The third-order valence-electron chi connectivity index (χ3n) is 5.93. The van der Waals surface area contributed by atoms with Gasteiger partial charge < -0.3 is 24.5 Å². The molecular weight excluding hydrogens is 420 g/mol. The molecule has 33 heavy (non-hydrogen) atoms. The van der Waals surface area contributed by atoms with Gasteiger partial charge in [0.2, 0.25) is 0 Å². The van der Waals surface area contributed by atoms with Gasteiger partial charge in [-0.15, -0.1) is 0 Å². The summed E-state index contributed by atoms with van der Waals surface area (Å²) in [6.07, 6.45) is 20.2. The Morgan fingerprint density at radius 2 is 1.06 bits per heavy atom. The van der Waals surface area contributed by atoms with Gasteiger partial charge in [-0.1, -0.05) is 109 Å². The number of aromatic carboxylic acids is 2. The van der Waals surface area contributed by atoms with Crippen LogP contribution in [0.15, 0.2) is 18.2 Å². The first-order valence-corrected chi connectivity index (χ1v) is 12.7. The summed E-state index contributed by atoms with van der Waals surface area (Å²) in [5, 5.41) is 22.0. The van der Waals surface area contributed by atoms with E-state index in [0.29, 0.717) is 0 Å². The van der Waals surface area contributed by atoms with Crippen molar-refractivity contribution in [2.45, 2.75) is 110 Å². The molecule has 0 aromatic heterocycles. The molecule has 0 bridgehead atoms. The maximum atomic E-state index is 12.1. The van der Waals surface area contributed by atoms with Gasteiger partial charge >= 0.3 is 5.97 Å². The second-order valence-corrected chi connectivity index (χ2v) is 8.77. The highest BCUT2D eigenvalue weighted by Gasteiger charge is 2.12. The molecule has 186 valence electrons. The zero-order valence-corrected chi connectivity index (χ0v) is 20.2. The number of esters is 1. The van der Waals surface area contributed by atoms with E-state index in [4.69, 9.17) is 4.74 Å². The number of carboxylic acid groups (broad SMARTS) is 2. The molecule has 0 unspecified atom stereocenters. The molecule has 0 fully saturated rings. The molecule has 0 atom stereocenters. The summed E-state index contributed by atoms with van der Waals surface area (Å²) in [6.45, 7) is 2.50. The Balaban J connectivity index is 2.01. The molecule has 0 saturated heterocycles. The quantitative estimate of drug-likeness (QED) is 0.204. The lowest BCUT2D eigenvalue weighted by molar-refractivity contribution is -0.259. The first-order chi connectivity index (χ1) is 16.0. The molecule has 0 amide bonds. The summed E-state index contributed by atoms with van der Waals surface area (Å²) in [6, 6.07) is 3.19. The Labute approximate surface area is 198 Å². The topological polar surface area (TPSA) is 107 Å². The van der Waals surface area contributed by atoms with Gasteiger partial charge in [0.25, 0.3) is 0 Å². The minimum absolute atomic E-state index is 0.0179. The Kier molecular flexibility index (Phi) is 15.7. The van der Waals surface area contributed by atoms with E-state index in [0.717, 1.165) is 31.4 Å². The summed E-state index contributed by atoms with van der Waals surface area (Å²) in [5.41, 5.74) is -1.13. The summed E-state index contributed by atoms with van der Waals surface area (Å²) in [4.78, 5) is 34.1. The van der Waals surface area contributed by atoms with E-state index in [2.05, 4.69) is 6.92 Å². The van der Waals surface area contributed by atoms with Crippen LogP contribution in [0.5, 0.6) is 0 Å². The minimum atomic E-state index is -1.68. The van der Waals surface area contributed by atoms with Gasteiger partial charge in [0, 0.05) is 11.1 Å². The maximum Gasteiger partial charge on any atom is 0.338 e. The van der Waals surface area contributed by atoms with Gasteiger partial charge in [-0.25, -0.2) is 4.79 Å². The number of carbonyl (C=O) groups is 3. The second-order valence-electron chi connectivity index (χ2n) is 8.77.